The Morgan fingerprint density at radius 2 is 2.24 bits per heavy atom. The third-order valence-electron chi connectivity index (χ3n) is 3.63. The van der Waals surface area contributed by atoms with Gasteiger partial charge in [0.1, 0.15) is 17.7 Å². The van der Waals surface area contributed by atoms with Crippen LogP contribution in [0, 0.1) is 12.8 Å². The van der Waals surface area contributed by atoms with E-state index in [4.69, 9.17) is 0 Å². The van der Waals surface area contributed by atoms with E-state index in [0.29, 0.717) is 19.0 Å². The van der Waals surface area contributed by atoms with Crippen LogP contribution in [0.15, 0.2) is 0 Å². The molecule has 1 atom stereocenters. The topological polar surface area (TPSA) is 71.2 Å². The SMILES string of the molecule is Cc1nnc2n1CC(C(=O)O)N(CC1CC1)C2. The highest BCUT2D eigenvalue weighted by Crippen LogP contribution is 2.32. The summed E-state index contributed by atoms with van der Waals surface area (Å²) in [5, 5.41) is 17.4. The van der Waals surface area contributed by atoms with Gasteiger partial charge in [0, 0.05) is 6.54 Å². The standard InChI is InChI=1S/C11H16N4O2/c1-7-12-13-10-6-14(4-8-2-3-8)9(11(16)17)5-15(7)10/h8-9H,2-6H2,1H3,(H,16,17). The van der Waals surface area contributed by atoms with Crippen molar-refractivity contribution in [2.75, 3.05) is 6.54 Å². The van der Waals surface area contributed by atoms with Gasteiger partial charge in [-0.25, -0.2) is 0 Å². The molecule has 0 spiro atoms. The van der Waals surface area contributed by atoms with Crippen LogP contribution in [-0.4, -0.2) is 43.3 Å². The molecule has 1 aliphatic carbocycles. The van der Waals surface area contributed by atoms with E-state index in [-0.39, 0.29) is 0 Å². The summed E-state index contributed by atoms with van der Waals surface area (Å²) in [4.78, 5) is 13.3. The first-order chi connectivity index (χ1) is 8.15. The summed E-state index contributed by atoms with van der Waals surface area (Å²) < 4.78 is 1.92. The van der Waals surface area contributed by atoms with Crippen LogP contribution in [0.4, 0.5) is 0 Å². The third-order valence-corrected chi connectivity index (χ3v) is 3.63. The van der Waals surface area contributed by atoms with E-state index in [1.165, 1.54) is 12.8 Å². The highest BCUT2D eigenvalue weighted by Gasteiger charge is 2.36. The Hall–Kier alpha value is -1.43. The van der Waals surface area contributed by atoms with Crippen LogP contribution in [0.25, 0.3) is 0 Å². The van der Waals surface area contributed by atoms with Crippen LogP contribution >= 0.6 is 0 Å². The van der Waals surface area contributed by atoms with E-state index >= 15 is 0 Å². The fourth-order valence-corrected chi connectivity index (χ4v) is 2.42. The van der Waals surface area contributed by atoms with Crippen LogP contribution in [0.3, 0.4) is 0 Å². The van der Waals surface area contributed by atoms with Crippen LogP contribution < -0.4 is 0 Å². The van der Waals surface area contributed by atoms with E-state index in [0.717, 1.165) is 18.2 Å². The highest BCUT2D eigenvalue weighted by molar-refractivity contribution is 5.73. The maximum absolute atomic E-state index is 11.3. The van der Waals surface area contributed by atoms with Crippen LogP contribution in [0.5, 0.6) is 0 Å². The molecule has 3 rings (SSSR count). The minimum absolute atomic E-state index is 0.433. The smallest absolute Gasteiger partial charge is 0.322 e. The molecular weight excluding hydrogens is 220 g/mol. The first-order valence-electron chi connectivity index (χ1n) is 6.00. The number of carboxylic acids is 1. The lowest BCUT2D eigenvalue weighted by atomic mass is 10.1. The number of aromatic nitrogens is 3. The molecule has 1 saturated carbocycles. The molecule has 0 bridgehead atoms. The lowest BCUT2D eigenvalue weighted by Crippen LogP contribution is -2.48. The Morgan fingerprint density at radius 3 is 2.88 bits per heavy atom. The zero-order valence-electron chi connectivity index (χ0n) is 9.83. The molecule has 1 aromatic heterocycles. The Labute approximate surface area is 99.2 Å². The number of fused-ring (bicyclic) bond motifs is 1. The van der Waals surface area contributed by atoms with Gasteiger partial charge in [-0.3, -0.25) is 9.69 Å². The molecule has 92 valence electrons. The van der Waals surface area contributed by atoms with E-state index in [1.54, 1.807) is 0 Å². The van der Waals surface area contributed by atoms with Gasteiger partial charge < -0.3 is 9.67 Å². The molecule has 1 aliphatic heterocycles. The summed E-state index contributed by atoms with van der Waals surface area (Å²) in [5.41, 5.74) is 0. The van der Waals surface area contributed by atoms with E-state index in [2.05, 4.69) is 10.2 Å². The Bertz CT molecular complexity index is 452. The van der Waals surface area contributed by atoms with Crippen LogP contribution in [-0.2, 0) is 17.9 Å². The number of rotatable bonds is 3. The van der Waals surface area contributed by atoms with Crippen molar-refractivity contribution in [1.29, 1.82) is 0 Å². The van der Waals surface area contributed by atoms with E-state index in [9.17, 15) is 9.90 Å². The van der Waals surface area contributed by atoms with Gasteiger partial charge in [0.15, 0.2) is 0 Å². The second-order valence-corrected chi connectivity index (χ2v) is 5.00. The fraction of sp³-hybridized carbons (Fsp3) is 0.727. The zero-order chi connectivity index (χ0) is 12.0. The van der Waals surface area contributed by atoms with Crippen molar-refractivity contribution in [3.8, 4) is 0 Å². The Morgan fingerprint density at radius 1 is 1.47 bits per heavy atom. The maximum Gasteiger partial charge on any atom is 0.322 e. The van der Waals surface area contributed by atoms with Crippen molar-refractivity contribution in [3.05, 3.63) is 11.6 Å². The van der Waals surface area contributed by atoms with Gasteiger partial charge >= 0.3 is 5.97 Å². The van der Waals surface area contributed by atoms with Gasteiger partial charge in [-0.1, -0.05) is 0 Å². The minimum Gasteiger partial charge on any atom is -0.480 e. The van der Waals surface area contributed by atoms with Crippen molar-refractivity contribution in [3.63, 3.8) is 0 Å². The average molecular weight is 236 g/mol. The van der Waals surface area contributed by atoms with Gasteiger partial charge in [0.25, 0.3) is 0 Å². The Kier molecular flexibility index (Phi) is 2.39. The van der Waals surface area contributed by atoms with Crippen LogP contribution in [0.1, 0.15) is 24.5 Å². The quantitative estimate of drug-likeness (QED) is 0.815. The van der Waals surface area contributed by atoms with Gasteiger partial charge in [0.2, 0.25) is 0 Å². The molecule has 6 nitrogen and oxygen atoms in total. The van der Waals surface area contributed by atoms with E-state index < -0.39 is 12.0 Å². The highest BCUT2D eigenvalue weighted by atomic mass is 16.4. The third kappa shape index (κ3) is 1.93. The molecule has 0 aromatic carbocycles. The number of carbonyl (C=O) groups is 1. The molecule has 0 amide bonds. The molecule has 0 saturated heterocycles. The molecule has 6 heteroatoms. The van der Waals surface area contributed by atoms with Crippen molar-refractivity contribution < 1.29 is 9.90 Å². The minimum atomic E-state index is -0.746. The first kappa shape index (κ1) is 10.7. The summed E-state index contributed by atoms with van der Waals surface area (Å²) in [6.45, 7) is 3.82. The summed E-state index contributed by atoms with van der Waals surface area (Å²) in [6.07, 6.45) is 2.46. The maximum atomic E-state index is 11.3. The molecular formula is C11H16N4O2. The molecule has 1 N–H and O–H groups in total. The normalized spacial score (nSPS) is 24.6. The average Bonchev–Trinajstić information content (AvgIpc) is 3.02. The van der Waals surface area contributed by atoms with Crippen molar-refractivity contribution >= 4 is 5.97 Å². The van der Waals surface area contributed by atoms with E-state index in [1.807, 2.05) is 16.4 Å². The van der Waals surface area contributed by atoms with Gasteiger partial charge in [0.05, 0.1) is 13.1 Å². The molecule has 1 fully saturated rings. The van der Waals surface area contributed by atoms with Crippen molar-refractivity contribution in [1.82, 2.24) is 19.7 Å². The van der Waals surface area contributed by atoms with Gasteiger partial charge in [-0.15, -0.1) is 10.2 Å². The van der Waals surface area contributed by atoms with Crippen molar-refractivity contribution in [2.24, 2.45) is 5.92 Å². The largest absolute Gasteiger partial charge is 0.480 e. The molecule has 1 aromatic rings. The molecule has 0 radical (unpaired) electrons. The second-order valence-electron chi connectivity index (χ2n) is 5.00. The fourth-order valence-electron chi connectivity index (χ4n) is 2.42. The predicted molar refractivity (Wildman–Crippen MR) is 59.3 cm³/mol. The lowest BCUT2D eigenvalue weighted by Gasteiger charge is -2.33. The second kappa shape index (κ2) is 3.80. The number of hydrogen-bond acceptors (Lipinski definition) is 4. The number of aliphatic carboxylic acids is 1. The number of nitrogens with zero attached hydrogens (tertiary/aromatic N) is 4. The monoisotopic (exact) mass is 236 g/mol. The Balaban J connectivity index is 1.85. The predicted octanol–water partition coefficient (Wildman–Crippen LogP) is 0.265. The molecule has 2 aliphatic rings. The first-order valence-corrected chi connectivity index (χ1v) is 6.00. The number of aryl methyl sites for hydroxylation is 1. The summed E-state index contributed by atoms with van der Waals surface area (Å²) >= 11 is 0. The summed E-state index contributed by atoms with van der Waals surface area (Å²) in [6, 6.07) is -0.433. The van der Waals surface area contributed by atoms with Crippen molar-refractivity contribution in [2.45, 2.75) is 38.9 Å². The summed E-state index contributed by atoms with van der Waals surface area (Å²) in [7, 11) is 0. The number of carboxylic acid groups (broad SMARTS) is 1. The molecule has 2 heterocycles. The summed E-state index contributed by atoms with van der Waals surface area (Å²) in [5.74, 6) is 1.63. The van der Waals surface area contributed by atoms with Gasteiger partial charge in [-0.2, -0.15) is 0 Å². The molecule has 17 heavy (non-hydrogen) atoms. The van der Waals surface area contributed by atoms with Crippen LogP contribution in [0.2, 0.25) is 0 Å². The molecule has 1 unspecified atom stereocenters. The zero-order valence-corrected chi connectivity index (χ0v) is 9.83. The number of hydrogen-bond donors (Lipinski definition) is 1. The van der Waals surface area contributed by atoms with Gasteiger partial charge in [-0.05, 0) is 25.7 Å². The lowest BCUT2D eigenvalue weighted by molar-refractivity contribution is -0.145.